The molecule has 1 N–H and O–H groups in total. The van der Waals surface area contributed by atoms with Gasteiger partial charge in [0.25, 0.3) is 0 Å². The Kier molecular flexibility index (Phi) is 6.10. The van der Waals surface area contributed by atoms with Crippen molar-refractivity contribution < 1.29 is 19.0 Å². The Hall–Kier alpha value is -1.95. The molecule has 1 fully saturated rings. The fourth-order valence-electron chi connectivity index (χ4n) is 2.90. The van der Waals surface area contributed by atoms with Crippen LogP contribution in [-0.4, -0.2) is 52.3 Å². The van der Waals surface area contributed by atoms with Gasteiger partial charge in [-0.2, -0.15) is 0 Å². The highest BCUT2D eigenvalue weighted by Crippen LogP contribution is 2.39. The number of methoxy groups -OCH3 is 3. The zero-order chi connectivity index (χ0) is 16.8. The second-order valence-electron chi connectivity index (χ2n) is 5.79. The molecule has 0 radical (unpaired) electrons. The molecule has 1 aromatic rings. The molecule has 1 amide bonds. The van der Waals surface area contributed by atoms with E-state index in [1.54, 1.807) is 21.3 Å². The van der Waals surface area contributed by atoms with Crippen molar-refractivity contribution in [1.82, 2.24) is 10.2 Å². The molecule has 0 bridgehead atoms. The van der Waals surface area contributed by atoms with Gasteiger partial charge in [-0.15, -0.1) is 0 Å². The number of ether oxygens (including phenoxy) is 3. The van der Waals surface area contributed by atoms with Crippen molar-refractivity contribution in [2.75, 3.05) is 41.5 Å². The minimum Gasteiger partial charge on any atom is -0.493 e. The fraction of sp³-hybridized carbons (Fsp3) is 0.588. The molecule has 128 valence electrons. The lowest BCUT2D eigenvalue weighted by Crippen LogP contribution is -2.38. The lowest BCUT2D eigenvalue weighted by molar-refractivity contribution is -0.126. The number of amides is 1. The van der Waals surface area contributed by atoms with Gasteiger partial charge in [0.1, 0.15) is 0 Å². The second kappa shape index (κ2) is 8.06. The van der Waals surface area contributed by atoms with Gasteiger partial charge in [-0.3, -0.25) is 4.79 Å². The minimum absolute atomic E-state index is 0.0948. The summed E-state index contributed by atoms with van der Waals surface area (Å²) in [7, 11) is 6.82. The smallest absolute Gasteiger partial charge is 0.223 e. The molecule has 1 aliphatic heterocycles. The molecule has 1 saturated heterocycles. The van der Waals surface area contributed by atoms with Gasteiger partial charge in [0.2, 0.25) is 11.7 Å². The zero-order valence-electron chi connectivity index (χ0n) is 14.3. The molecule has 0 spiro atoms. The summed E-state index contributed by atoms with van der Waals surface area (Å²) in [6, 6.07) is 3.70. The van der Waals surface area contributed by atoms with E-state index in [1.807, 2.05) is 12.1 Å². The van der Waals surface area contributed by atoms with Crippen molar-refractivity contribution in [3.8, 4) is 17.2 Å². The van der Waals surface area contributed by atoms with Gasteiger partial charge < -0.3 is 24.4 Å². The number of piperidine rings is 1. The minimum atomic E-state index is 0.0948. The molecule has 0 atom stereocenters. The second-order valence-corrected chi connectivity index (χ2v) is 5.79. The van der Waals surface area contributed by atoms with E-state index in [9.17, 15) is 4.79 Å². The topological polar surface area (TPSA) is 60.0 Å². The predicted molar refractivity (Wildman–Crippen MR) is 88.2 cm³/mol. The largest absolute Gasteiger partial charge is 0.493 e. The normalized spacial score (nSPS) is 16.0. The summed E-state index contributed by atoms with van der Waals surface area (Å²) in [5.41, 5.74) is 0.867. The van der Waals surface area contributed by atoms with Crippen LogP contribution in [0.15, 0.2) is 12.1 Å². The van der Waals surface area contributed by atoms with Crippen LogP contribution in [0.25, 0.3) is 0 Å². The maximum Gasteiger partial charge on any atom is 0.223 e. The molecule has 6 heteroatoms. The van der Waals surface area contributed by atoms with Gasteiger partial charge in [-0.1, -0.05) is 0 Å². The van der Waals surface area contributed by atoms with Crippen LogP contribution in [0.4, 0.5) is 0 Å². The van der Waals surface area contributed by atoms with E-state index in [2.05, 4.69) is 17.3 Å². The number of carbonyl (C=O) groups excluding carboxylic acids is 1. The fourth-order valence-corrected chi connectivity index (χ4v) is 2.90. The van der Waals surface area contributed by atoms with Crippen LogP contribution in [0.3, 0.4) is 0 Å². The molecule has 0 aromatic heterocycles. The van der Waals surface area contributed by atoms with Crippen molar-refractivity contribution in [3.05, 3.63) is 17.7 Å². The number of benzene rings is 1. The van der Waals surface area contributed by atoms with E-state index in [-0.39, 0.29) is 11.8 Å². The first kappa shape index (κ1) is 17.4. The molecule has 0 saturated carbocycles. The van der Waals surface area contributed by atoms with Gasteiger partial charge >= 0.3 is 0 Å². The average molecular weight is 322 g/mol. The van der Waals surface area contributed by atoms with Crippen LogP contribution in [0, 0.1) is 5.92 Å². The molecular weight excluding hydrogens is 296 g/mol. The summed E-state index contributed by atoms with van der Waals surface area (Å²) in [4.78, 5) is 14.6. The number of rotatable bonds is 6. The SMILES string of the molecule is COc1ccc(CNC(=O)C2CCN(C)CC2)c(OC)c1OC. The van der Waals surface area contributed by atoms with Crippen molar-refractivity contribution >= 4 is 5.91 Å². The number of nitrogens with one attached hydrogen (secondary N) is 1. The standard InChI is InChI=1S/C17H26N2O4/c1-19-9-7-12(8-10-19)17(20)18-11-13-5-6-14(21-2)16(23-4)15(13)22-3/h5-6,12H,7-11H2,1-4H3,(H,18,20). The van der Waals surface area contributed by atoms with E-state index in [1.165, 1.54) is 0 Å². The van der Waals surface area contributed by atoms with Crippen molar-refractivity contribution in [2.45, 2.75) is 19.4 Å². The van der Waals surface area contributed by atoms with E-state index < -0.39 is 0 Å². The van der Waals surface area contributed by atoms with Crippen molar-refractivity contribution in [1.29, 1.82) is 0 Å². The molecule has 1 heterocycles. The molecule has 0 unspecified atom stereocenters. The lowest BCUT2D eigenvalue weighted by Gasteiger charge is -2.28. The number of nitrogens with zero attached hydrogens (tertiary/aromatic N) is 1. The van der Waals surface area contributed by atoms with Crippen molar-refractivity contribution in [3.63, 3.8) is 0 Å². The first-order chi connectivity index (χ1) is 11.1. The summed E-state index contributed by atoms with van der Waals surface area (Å²) in [5.74, 6) is 1.94. The van der Waals surface area contributed by atoms with E-state index in [4.69, 9.17) is 14.2 Å². The van der Waals surface area contributed by atoms with E-state index in [0.29, 0.717) is 23.8 Å². The maximum absolute atomic E-state index is 12.3. The summed E-state index contributed by atoms with van der Waals surface area (Å²) in [5, 5.41) is 3.01. The highest BCUT2D eigenvalue weighted by atomic mass is 16.5. The number of hydrogen-bond donors (Lipinski definition) is 1. The van der Waals surface area contributed by atoms with Crippen LogP contribution in [0.2, 0.25) is 0 Å². The van der Waals surface area contributed by atoms with Crippen molar-refractivity contribution in [2.24, 2.45) is 5.92 Å². The predicted octanol–water partition coefficient (Wildman–Crippen LogP) is 1.67. The maximum atomic E-state index is 12.3. The summed E-state index contributed by atoms with van der Waals surface area (Å²) < 4.78 is 16.1. The molecule has 1 aliphatic rings. The van der Waals surface area contributed by atoms with Gasteiger partial charge in [0.05, 0.1) is 21.3 Å². The average Bonchev–Trinajstić information content (AvgIpc) is 2.59. The van der Waals surface area contributed by atoms with Crippen LogP contribution >= 0.6 is 0 Å². The van der Waals surface area contributed by atoms with Crippen LogP contribution in [0.1, 0.15) is 18.4 Å². The Balaban J connectivity index is 2.04. The Morgan fingerprint density at radius 2 is 1.78 bits per heavy atom. The summed E-state index contributed by atoms with van der Waals surface area (Å²) in [6.07, 6.45) is 1.82. The number of likely N-dealkylation sites (tertiary alicyclic amines) is 1. The lowest BCUT2D eigenvalue weighted by atomic mass is 9.96. The monoisotopic (exact) mass is 322 g/mol. The Bertz CT molecular complexity index is 540. The summed E-state index contributed by atoms with van der Waals surface area (Å²) >= 11 is 0. The van der Waals surface area contributed by atoms with Crippen LogP contribution in [-0.2, 0) is 11.3 Å². The molecule has 6 nitrogen and oxygen atoms in total. The third-order valence-corrected chi connectivity index (χ3v) is 4.33. The van der Waals surface area contributed by atoms with E-state index in [0.717, 1.165) is 31.5 Å². The highest BCUT2D eigenvalue weighted by Gasteiger charge is 2.23. The van der Waals surface area contributed by atoms with Gasteiger partial charge in [-0.25, -0.2) is 0 Å². The molecule has 0 aliphatic carbocycles. The quantitative estimate of drug-likeness (QED) is 0.863. The Labute approximate surface area is 137 Å². The zero-order valence-corrected chi connectivity index (χ0v) is 14.3. The third-order valence-electron chi connectivity index (χ3n) is 4.33. The summed E-state index contributed by atoms with van der Waals surface area (Å²) in [6.45, 7) is 2.35. The molecule has 23 heavy (non-hydrogen) atoms. The molecule has 1 aromatic carbocycles. The molecule has 2 rings (SSSR count). The van der Waals surface area contributed by atoms with Gasteiger partial charge in [-0.05, 0) is 45.1 Å². The van der Waals surface area contributed by atoms with Gasteiger partial charge in [0.15, 0.2) is 11.5 Å². The Morgan fingerprint density at radius 1 is 1.13 bits per heavy atom. The Morgan fingerprint density at radius 3 is 2.35 bits per heavy atom. The van der Waals surface area contributed by atoms with Gasteiger partial charge in [0, 0.05) is 18.0 Å². The number of hydrogen-bond acceptors (Lipinski definition) is 5. The number of carbonyl (C=O) groups is 1. The highest BCUT2D eigenvalue weighted by molar-refractivity contribution is 5.78. The van der Waals surface area contributed by atoms with E-state index >= 15 is 0 Å². The van der Waals surface area contributed by atoms with Crippen LogP contribution < -0.4 is 19.5 Å². The first-order valence-electron chi connectivity index (χ1n) is 7.84. The third kappa shape index (κ3) is 4.07. The molecular formula is C17H26N2O4. The van der Waals surface area contributed by atoms with Crippen LogP contribution in [0.5, 0.6) is 17.2 Å². The first-order valence-corrected chi connectivity index (χ1v) is 7.84.